The second kappa shape index (κ2) is 7.06. The third-order valence-corrected chi connectivity index (χ3v) is 4.27. The number of rotatable bonds is 7. The lowest BCUT2D eigenvalue weighted by atomic mass is 9.95. The van der Waals surface area contributed by atoms with E-state index < -0.39 is 0 Å². The molecule has 19 heavy (non-hydrogen) atoms. The third-order valence-electron chi connectivity index (χ3n) is 4.27. The number of carbonyl (C=O) groups is 1. The molecule has 0 radical (unpaired) electrons. The molecule has 108 valence electrons. The van der Waals surface area contributed by atoms with Gasteiger partial charge < -0.3 is 10.6 Å². The first kappa shape index (κ1) is 14.5. The molecule has 4 nitrogen and oxygen atoms in total. The zero-order chi connectivity index (χ0) is 13.7. The summed E-state index contributed by atoms with van der Waals surface area (Å²) in [7, 11) is 0. The van der Waals surface area contributed by atoms with Gasteiger partial charge in [0.1, 0.15) is 0 Å². The number of amides is 1. The molecule has 2 fully saturated rings. The fraction of sp³-hybridized carbons (Fsp3) is 0.800. The highest BCUT2D eigenvalue weighted by Gasteiger charge is 2.27. The van der Waals surface area contributed by atoms with Crippen molar-refractivity contribution in [3.8, 4) is 0 Å². The van der Waals surface area contributed by atoms with Gasteiger partial charge in [-0.15, -0.1) is 6.58 Å². The lowest BCUT2D eigenvalue weighted by Gasteiger charge is -2.35. The summed E-state index contributed by atoms with van der Waals surface area (Å²) in [6, 6.07) is 0.791. The van der Waals surface area contributed by atoms with E-state index >= 15 is 0 Å². The normalized spacial score (nSPS) is 23.0. The first-order chi connectivity index (χ1) is 9.20. The molecule has 0 aromatic heterocycles. The quantitative estimate of drug-likeness (QED) is 0.679. The second-order valence-corrected chi connectivity index (χ2v) is 5.87. The van der Waals surface area contributed by atoms with Crippen molar-refractivity contribution in [2.45, 2.75) is 44.7 Å². The molecule has 4 heteroatoms. The number of nitrogens with one attached hydrogen (secondary N) is 2. The van der Waals surface area contributed by atoms with Crippen LogP contribution in [0.5, 0.6) is 0 Å². The second-order valence-electron chi connectivity index (χ2n) is 5.87. The molecule has 1 amide bonds. The molecule has 1 aliphatic heterocycles. The Morgan fingerprint density at radius 2 is 2.05 bits per heavy atom. The van der Waals surface area contributed by atoms with Crippen molar-refractivity contribution < 1.29 is 4.79 Å². The van der Waals surface area contributed by atoms with E-state index in [-0.39, 0.29) is 11.9 Å². The maximum Gasteiger partial charge on any atom is 0.237 e. The lowest BCUT2D eigenvalue weighted by Crippen LogP contribution is -2.49. The van der Waals surface area contributed by atoms with Crippen molar-refractivity contribution in [1.82, 2.24) is 15.5 Å². The van der Waals surface area contributed by atoms with Crippen molar-refractivity contribution in [2.24, 2.45) is 5.92 Å². The maximum absolute atomic E-state index is 11.9. The molecule has 2 N–H and O–H groups in total. The van der Waals surface area contributed by atoms with Crippen LogP contribution in [0.2, 0.25) is 0 Å². The Hall–Kier alpha value is -0.870. The summed E-state index contributed by atoms with van der Waals surface area (Å²) in [5.74, 6) is 0.912. The molecule has 0 spiro atoms. The van der Waals surface area contributed by atoms with Gasteiger partial charge in [-0.05, 0) is 58.2 Å². The summed E-state index contributed by atoms with van der Waals surface area (Å²) < 4.78 is 0. The van der Waals surface area contributed by atoms with Gasteiger partial charge in [-0.2, -0.15) is 0 Å². The van der Waals surface area contributed by atoms with E-state index in [2.05, 4.69) is 22.1 Å². The summed E-state index contributed by atoms with van der Waals surface area (Å²) >= 11 is 0. The van der Waals surface area contributed by atoms with Crippen LogP contribution in [-0.2, 0) is 4.79 Å². The Labute approximate surface area is 116 Å². The Bertz CT molecular complexity index is 307. The van der Waals surface area contributed by atoms with E-state index in [4.69, 9.17) is 0 Å². The molecule has 0 bridgehead atoms. The van der Waals surface area contributed by atoms with E-state index in [1.807, 2.05) is 6.92 Å². The molecule has 0 aromatic carbocycles. The van der Waals surface area contributed by atoms with Gasteiger partial charge in [0.15, 0.2) is 0 Å². The van der Waals surface area contributed by atoms with Gasteiger partial charge in [-0.3, -0.25) is 9.69 Å². The number of hydrogen-bond acceptors (Lipinski definition) is 3. The van der Waals surface area contributed by atoms with Crippen LogP contribution in [0.15, 0.2) is 12.7 Å². The number of piperidine rings is 1. The zero-order valence-electron chi connectivity index (χ0n) is 12.0. The maximum atomic E-state index is 11.9. The number of likely N-dealkylation sites (tertiary alicyclic amines) is 1. The van der Waals surface area contributed by atoms with Gasteiger partial charge in [0, 0.05) is 12.6 Å². The van der Waals surface area contributed by atoms with Gasteiger partial charge in [0.05, 0.1) is 6.04 Å². The highest BCUT2D eigenvalue weighted by atomic mass is 16.2. The van der Waals surface area contributed by atoms with Gasteiger partial charge >= 0.3 is 0 Å². The minimum absolute atomic E-state index is 0.0164. The van der Waals surface area contributed by atoms with Crippen LogP contribution in [0.1, 0.15) is 32.6 Å². The number of nitrogens with zero attached hydrogens (tertiary/aromatic N) is 1. The van der Waals surface area contributed by atoms with Crippen LogP contribution < -0.4 is 10.6 Å². The molecule has 1 saturated carbocycles. The minimum Gasteiger partial charge on any atom is -0.351 e. The Morgan fingerprint density at radius 3 is 2.63 bits per heavy atom. The van der Waals surface area contributed by atoms with Gasteiger partial charge in [0.2, 0.25) is 5.91 Å². The fourth-order valence-corrected chi connectivity index (χ4v) is 2.65. The van der Waals surface area contributed by atoms with E-state index in [0.29, 0.717) is 6.54 Å². The number of hydrogen-bond donors (Lipinski definition) is 2. The van der Waals surface area contributed by atoms with Crippen molar-refractivity contribution in [1.29, 1.82) is 0 Å². The first-order valence-corrected chi connectivity index (χ1v) is 7.56. The first-order valence-electron chi connectivity index (χ1n) is 7.56. The average Bonchev–Trinajstić information content (AvgIpc) is 3.26. The molecule has 1 unspecified atom stereocenters. The van der Waals surface area contributed by atoms with Crippen molar-refractivity contribution in [3.05, 3.63) is 12.7 Å². The Kier molecular flexibility index (Phi) is 5.40. The highest BCUT2D eigenvalue weighted by molar-refractivity contribution is 5.81. The predicted molar refractivity (Wildman–Crippen MR) is 78.0 cm³/mol. The summed E-state index contributed by atoms with van der Waals surface area (Å²) in [5.41, 5.74) is 0. The van der Waals surface area contributed by atoms with Crippen molar-refractivity contribution >= 4 is 5.91 Å². The topological polar surface area (TPSA) is 44.4 Å². The fourth-order valence-electron chi connectivity index (χ4n) is 2.65. The van der Waals surface area contributed by atoms with Crippen LogP contribution in [0.3, 0.4) is 0 Å². The molecule has 1 atom stereocenters. The molecule has 1 aliphatic carbocycles. The predicted octanol–water partition coefficient (Wildman–Crippen LogP) is 1.14. The molecule has 1 heterocycles. The summed E-state index contributed by atoms with van der Waals surface area (Å²) in [6.45, 7) is 9.43. The van der Waals surface area contributed by atoms with Crippen LogP contribution in [0.25, 0.3) is 0 Å². The molecular weight excluding hydrogens is 238 g/mol. The SMILES string of the molecule is C=CCNC(=O)C(C)N1CCC(CNC2CC2)CC1. The molecule has 2 aliphatic rings. The summed E-state index contributed by atoms with van der Waals surface area (Å²) in [5, 5.41) is 6.49. The third kappa shape index (κ3) is 4.62. The van der Waals surface area contributed by atoms with Gasteiger partial charge in [-0.1, -0.05) is 6.08 Å². The molecular formula is C15H27N3O. The van der Waals surface area contributed by atoms with Crippen LogP contribution >= 0.6 is 0 Å². The van der Waals surface area contributed by atoms with Crippen molar-refractivity contribution in [2.75, 3.05) is 26.2 Å². The number of carbonyl (C=O) groups excluding carboxylic acids is 1. The van der Waals surface area contributed by atoms with Crippen LogP contribution in [0.4, 0.5) is 0 Å². The van der Waals surface area contributed by atoms with Gasteiger partial charge in [-0.25, -0.2) is 0 Å². The van der Waals surface area contributed by atoms with Crippen LogP contribution in [0, 0.1) is 5.92 Å². The molecule has 1 saturated heterocycles. The Morgan fingerprint density at radius 1 is 1.37 bits per heavy atom. The largest absolute Gasteiger partial charge is 0.351 e. The molecule has 2 rings (SSSR count). The zero-order valence-corrected chi connectivity index (χ0v) is 12.0. The summed E-state index contributed by atoms with van der Waals surface area (Å²) in [6.07, 6.45) is 6.86. The van der Waals surface area contributed by atoms with Gasteiger partial charge in [0.25, 0.3) is 0 Å². The highest BCUT2D eigenvalue weighted by Crippen LogP contribution is 2.22. The van der Waals surface area contributed by atoms with E-state index in [0.717, 1.165) is 31.6 Å². The average molecular weight is 265 g/mol. The minimum atomic E-state index is -0.0164. The lowest BCUT2D eigenvalue weighted by molar-refractivity contribution is -0.126. The van der Waals surface area contributed by atoms with E-state index in [9.17, 15) is 4.79 Å². The smallest absolute Gasteiger partial charge is 0.237 e. The van der Waals surface area contributed by atoms with E-state index in [1.54, 1.807) is 6.08 Å². The monoisotopic (exact) mass is 265 g/mol. The standard InChI is InChI=1S/C15H27N3O/c1-3-8-16-15(19)12(2)18-9-6-13(7-10-18)11-17-14-4-5-14/h3,12-14,17H,1,4-11H2,2H3,(H,16,19). The van der Waals surface area contributed by atoms with E-state index in [1.165, 1.54) is 25.7 Å². The van der Waals surface area contributed by atoms with Crippen LogP contribution in [-0.4, -0.2) is 49.1 Å². The van der Waals surface area contributed by atoms with Crippen molar-refractivity contribution in [3.63, 3.8) is 0 Å². The Balaban J connectivity index is 1.66. The summed E-state index contributed by atoms with van der Waals surface area (Å²) in [4.78, 5) is 14.2. The molecule has 0 aromatic rings.